The largest absolute Gasteiger partial charge is 0.377 e. The van der Waals surface area contributed by atoms with E-state index in [2.05, 4.69) is 4.72 Å². The lowest BCUT2D eigenvalue weighted by Crippen LogP contribution is -2.49. The van der Waals surface area contributed by atoms with Gasteiger partial charge in [0.05, 0.1) is 22.1 Å². The summed E-state index contributed by atoms with van der Waals surface area (Å²) in [5.74, 6) is 0. The molecule has 0 aromatic heterocycles. The van der Waals surface area contributed by atoms with Crippen LogP contribution in [0.25, 0.3) is 0 Å². The quantitative estimate of drug-likeness (QED) is 0.896. The number of hydrogen-bond donors (Lipinski definition) is 1. The molecule has 0 aliphatic heterocycles. The number of nitriles is 1. The Balaban J connectivity index is 2.14. The summed E-state index contributed by atoms with van der Waals surface area (Å²) in [4.78, 5) is 0.180. The summed E-state index contributed by atoms with van der Waals surface area (Å²) in [6.45, 7) is 2.00. The van der Waals surface area contributed by atoms with Crippen LogP contribution < -0.4 is 4.72 Å². The first-order valence-electron chi connectivity index (χ1n) is 6.48. The number of aryl methyl sites for hydroxylation is 1. The van der Waals surface area contributed by atoms with Crippen molar-refractivity contribution in [1.82, 2.24) is 4.72 Å². The van der Waals surface area contributed by atoms with Crippen molar-refractivity contribution in [1.29, 1.82) is 5.26 Å². The Bertz CT molecular complexity index is 637. The molecule has 1 N–H and O–H groups in total. The van der Waals surface area contributed by atoms with E-state index in [1.54, 1.807) is 14.0 Å². The van der Waals surface area contributed by atoms with Crippen LogP contribution in [0.1, 0.15) is 30.4 Å². The van der Waals surface area contributed by atoms with Crippen LogP contribution in [-0.4, -0.2) is 27.7 Å². The Morgan fingerprint density at radius 3 is 2.60 bits per heavy atom. The van der Waals surface area contributed by atoms with Crippen LogP contribution in [0.3, 0.4) is 0 Å². The van der Waals surface area contributed by atoms with Gasteiger partial charge in [-0.2, -0.15) is 5.26 Å². The van der Waals surface area contributed by atoms with Gasteiger partial charge in [0.1, 0.15) is 0 Å². The Kier molecular flexibility index (Phi) is 4.14. The van der Waals surface area contributed by atoms with Gasteiger partial charge in [0, 0.05) is 13.7 Å². The lowest BCUT2D eigenvalue weighted by atomic mass is 9.80. The number of nitrogens with zero attached hydrogens (tertiary/aromatic N) is 1. The number of nitrogens with one attached hydrogen (secondary N) is 1. The topological polar surface area (TPSA) is 79.2 Å². The molecule has 0 atom stereocenters. The van der Waals surface area contributed by atoms with E-state index < -0.39 is 10.0 Å². The highest BCUT2D eigenvalue weighted by molar-refractivity contribution is 7.89. The zero-order chi connectivity index (χ0) is 14.8. The van der Waals surface area contributed by atoms with Crippen LogP contribution in [0.5, 0.6) is 0 Å². The zero-order valence-corrected chi connectivity index (χ0v) is 12.5. The summed E-state index contributed by atoms with van der Waals surface area (Å²) in [5.41, 5.74) is 0.783. The lowest BCUT2D eigenvalue weighted by molar-refractivity contribution is -0.0659. The van der Waals surface area contributed by atoms with Crippen LogP contribution in [-0.2, 0) is 14.8 Å². The predicted octanol–water partition coefficient (Wildman–Crippen LogP) is 1.71. The Morgan fingerprint density at radius 2 is 2.15 bits per heavy atom. The van der Waals surface area contributed by atoms with Crippen molar-refractivity contribution in [3.63, 3.8) is 0 Å². The number of ether oxygens (including phenoxy) is 1. The van der Waals surface area contributed by atoms with E-state index in [4.69, 9.17) is 10.00 Å². The summed E-state index contributed by atoms with van der Waals surface area (Å²) in [5, 5.41) is 8.86. The molecule has 1 saturated carbocycles. The summed E-state index contributed by atoms with van der Waals surface area (Å²) >= 11 is 0. The third-order valence-electron chi connectivity index (χ3n) is 3.91. The second kappa shape index (κ2) is 5.52. The standard InChI is InChI=1S/C14H18N2O3S/c1-11-8-13(5-4-12(11)9-15)20(17,18)16-10-14(19-2)6-3-7-14/h4-5,8,16H,3,6-7,10H2,1-2H3. The van der Waals surface area contributed by atoms with E-state index in [0.717, 1.165) is 19.3 Å². The van der Waals surface area contributed by atoms with E-state index in [9.17, 15) is 8.42 Å². The maximum absolute atomic E-state index is 12.2. The minimum absolute atomic E-state index is 0.180. The van der Waals surface area contributed by atoms with Crippen molar-refractivity contribution in [2.24, 2.45) is 0 Å². The SMILES string of the molecule is COC1(CNS(=O)(=O)c2ccc(C#N)c(C)c2)CCC1. The molecule has 6 heteroatoms. The lowest BCUT2D eigenvalue weighted by Gasteiger charge is -2.40. The van der Waals surface area contributed by atoms with Gasteiger partial charge in [0.2, 0.25) is 10.0 Å². The highest BCUT2D eigenvalue weighted by Gasteiger charge is 2.38. The number of sulfonamides is 1. The fraction of sp³-hybridized carbons (Fsp3) is 0.500. The molecular formula is C14H18N2O3S. The van der Waals surface area contributed by atoms with Gasteiger partial charge in [0.25, 0.3) is 0 Å². The van der Waals surface area contributed by atoms with E-state index in [0.29, 0.717) is 11.1 Å². The predicted molar refractivity (Wildman–Crippen MR) is 74.7 cm³/mol. The minimum atomic E-state index is -3.57. The summed E-state index contributed by atoms with van der Waals surface area (Å²) in [7, 11) is -1.96. The van der Waals surface area contributed by atoms with Crippen molar-refractivity contribution >= 4 is 10.0 Å². The molecule has 0 saturated heterocycles. The van der Waals surface area contributed by atoms with Crippen LogP contribution in [0, 0.1) is 18.3 Å². The first-order chi connectivity index (χ1) is 9.42. The molecule has 1 aromatic carbocycles. The van der Waals surface area contributed by atoms with Crippen molar-refractivity contribution < 1.29 is 13.2 Å². The first kappa shape index (κ1) is 15.0. The van der Waals surface area contributed by atoms with Gasteiger partial charge in [-0.15, -0.1) is 0 Å². The number of benzene rings is 1. The van der Waals surface area contributed by atoms with E-state index >= 15 is 0 Å². The van der Waals surface area contributed by atoms with Gasteiger partial charge < -0.3 is 4.74 Å². The Hall–Kier alpha value is -1.42. The number of methoxy groups -OCH3 is 1. The van der Waals surface area contributed by atoms with E-state index in [1.165, 1.54) is 18.2 Å². The van der Waals surface area contributed by atoms with E-state index in [1.807, 2.05) is 6.07 Å². The van der Waals surface area contributed by atoms with Gasteiger partial charge in [-0.05, 0) is 49.9 Å². The zero-order valence-electron chi connectivity index (χ0n) is 11.6. The average molecular weight is 294 g/mol. The molecule has 5 nitrogen and oxygen atoms in total. The van der Waals surface area contributed by atoms with Gasteiger partial charge in [0.15, 0.2) is 0 Å². The monoisotopic (exact) mass is 294 g/mol. The Labute approximate surface area is 119 Å². The van der Waals surface area contributed by atoms with Gasteiger partial charge >= 0.3 is 0 Å². The molecule has 0 amide bonds. The van der Waals surface area contributed by atoms with Crippen LogP contribution in [0.4, 0.5) is 0 Å². The van der Waals surface area contributed by atoms with Crippen molar-refractivity contribution in [2.45, 2.75) is 36.7 Å². The van der Waals surface area contributed by atoms with Crippen LogP contribution >= 0.6 is 0 Å². The van der Waals surface area contributed by atoms with Crippen molar-refractivity contribution in [3.05, 3.63) is 29.3 Å². The molecule has 2 rings (SSSR count). The molecular weight excluding hydrogens is 276 g/mol. The van der Waals surface area contributed by atoms with Gasteiger partial charge in [-0.1, -0.05) is 0 Å². The summed E-state index contributed by atoms with van der Waals surface area (Å²) in [6, 6.07) is 6.52. The third-order valence-corrected chi connectivity index (χ3v) is 5.31. The molecule has 108 valence electrons. The summed E-state index contributed by atoms with van der Waals surface area (Å²) in [6.07, 6.45) is 2.81. The normalized spacial score (nSPS) is 17.2. The molecule has 0 unspecified atom stereocenters. The molecule has 1 fully saturated rings. The van der Waals surface area contributed by atoms with Crippen molar-refractivity contribution in [3.8, 4) is 6.07 Å². The molecule has 20 heavy (non-hydrogen) atoms. The molecule has 1 aliphatic carbocycles. The molecule has 0 heterocycles. The van der Waals surface area contributed by atoms with Crippen LogP contribution in [0.15, 0.2) is 23.1 Å². The molecule has 1 aliphatic rings. The maximum atomic E-state index is 12.2. The smallest absolute Gasteiger partial charge is 0.240 e. The second-order valence-electron chi connectivity index (χ2n) is 5.15. The average Bonchev–Trinajstić information content (AvgIpc) is 2.38. The molecule has 0 radical (unpaired) electrons. The van der Waals surface area contributed by atoms with Gasteiger partial charge in [-0.3, -0.25) is 0 Å². The first-order valence-corrected chi connectivity index (χ1v) is 7.96. The number of hydrogen-bond acceptors (Lipinski definition) is 4. The highest BCUT2D eigenvalue weighted by Crippen LogP contribution is 2.34. The fourth-order valence-corrected chi connectivity index (χ4v) is 3.46. The fourth-order valence-electron chi connectivity index (χ4n) is 2.26. The highest BCUT2D eigenvalue weighted by atomic mass is 32.2. The Morgan fingerprint density at radius 1 is 1.45 bits per heavy atom. The van der Waals surface area contributed by atoms with Crippen molar-refractivity contribution in [2.75, 3.05) is 13.7 Å². The number of rotatable bonds is 5. The second-order valence-corrected chi connectivity index (χ2v) is 6.92. The molecule has 0 bridgehead atoms. The maximum Gasteiger partial charge on any atom is 0.240 e. The van der Waals surface area contributed by atoms with Crippen LogP contribution in [0.2, 0.25) is 0 Å². The minimum Gasteiger partial charge on any atom is -0.377 e. The third kappa shape index (κ3) is 2.85. The van der Waals surface area contributed by atoms with E-state index in [-0.39, 0.29) is 17.0 Å². The molecule has 1 aromatic rings. The van der Waals surface area contributed by atoms with Gasteiger partial charge in [-0.25, -0.2) is 13.1 Å². The molecule has 0 spiro atoms. The summed E-state index contributed by atoms with van der Waals surface area (Å²) < 4.78 is 32.5.